The smallest absolute Gasteiger partial charge is 0.320 e. The average Bonchev–Trinajstić information content (AvgIpc) is 2.98. The summed E-state index contributed by atoms with van der Waals surface area (Å²) in [7, 11) is 0. The fraction of sp³-hybridized carbons (Fsp3) is 0.654. The Balaban J connectivity index is 1.72. The molecule has 1 unspecified atom stereocenters. The highest BCUT2D eigenvalue weighted by Gasteiger charge is 2.25. The van der Waals surface area contributed by atoms with Gasteiger partial charge in [0.05, 0.1) is 6.61 Å². The van der Waals surface area contributed by atoms with Gasteiger partial charge in [-0.25, -0.2) is 0 Å². The lowest BCUT2D eigenvalue weighted by Crippen LogP contribution is -2.31. The predicted octanol–water partition coefficient (Wildman–Crippen LogP) is 4.40. The molecule has 0 aliphatic carbocycles. The number of nitrogens with one attached hydrogen (secondary N) is 1. The molecular formula is C26H42N6O2. The predicted molar refractivity (Wildman–Crippen MR) is 139 cm³/mol. The van der Waals surface area contributed by atoms with Gasteiger partial charge in [0.2, 0.25) is 5.91 Å². The Hall–Kier alpha value is -2.61. The Morgan fingerprint density at radius 1 is 1.21 bits per heavy atom. The van der Waals surface area contributed by atoms with Crippen LogP contribution in [0, 0.1) is 5.92 Å². The second-order valence-corrected chi connectivity index (χ2v) is 9.40. The molecular weight excluding hydrogens is 428 g/mol. The van der Waals surface area contributed by atoms with Crippen molar-refractivity contribution in [2.24, 2.45) is 5.92 Å². The molecule has 188 valence electrons. The van der Waals surface area contributed by atoms with Crippen LogP contribution in [-0.2, 0) is 4.79 Å². The van der Waals surface area contributed by atoms with Crippen LogP contribution in [0.3, 0.4) is 0 Å². The number of hydrogen-bond donors (Lipinski definition) is 2. The molecule has 0 radical (unpaired) electrons. The normalized spacial score (nSPS) is 18.5. The minimum atomic E-state index is -0.0726. The summed E-state index contributed by atoms with van der Waals surface area (Å²) < 4.78 is 5.72. The number of likely N-dealkylation sites (tertiary alicyclic amines) is 1. The number of carbonyl (C=O) groups is 1. The molecule has 34 heavy (non-hydrogen) atoms. The number of carbonyl (C=O) groups excluding carboxylic acids is 1. The van der Waals surface area contributed by atoms with Gasteiger partial charge in [-0.3, -0.25) is 9.69 Å². The van der Waals surface area contributed by atoms with E-state index >= 15 is 0 Å². The largest absolute Gasteiger partial charge is 0.463 e. The van der Waals surface area contributed by atoms with Crippen molar-refractivity contribution in [2.75, 3.05) is 55.3 Å². The molecule has 2 aliphatic rings. The van der Waals surface area contributed by atoms with Crippen molar-refractivity contribution in [1.82, 2.24) is 14.9 Å². The molecule has 8 nitrogen and oxygen atoms in total. The van der Waals surface area contributed by atoms with E-state index in [0.717, 1.165) is 32.4 Å². The Bertz CT molecular complexity index is 863. The molecule has 0 aromatic carbocycles. The summed E-state index contributed by atoms with van der Waals surface area (Å²) in [5.74, 6) is 1.08. The van der Waals surface area contributed by atoms with E-state index in [-0.39, 0.29) is 23.7 Å². The molecule has 8 heteroatoms. The second-order valence-electron chi connectivity index (χ2n) is 9.40. The van der Waals surface area contributed by atoms with Gasteiger partial charge >= 0.3 is 6.01 Å². The average molecular weight is 471 g/mol. The van der Waals surface area contributed by atoms with Crippen molar-refractivity contribution in [1.29, 1.82) is 0 Å². The number of allylic oxidation sites excluding steroid dienone is 1. The van der Waals surface area contributed by atoms with Gasteiger partial charge in [0.25, 0.3) is 0 Å². The van der Waals surface area contributed by atoms with Crippen LogP contribution in [0.15, 0.2) is 23.8 Å². The minimum absolute atomic E-state index is 0.0726. The van der Waals surface area contributed by atoms with Crippen LogP contribution in [0.5, 0.6) is 6.01 Å². The number of aromatic nitrogens is 2. The van der Waals surface area contributed by atoms with Gasteiger partial charge in [0.15, 0.2) is 11.6 Å². The van der Waals surface area contributed by atoms with Crippen molar-refractivity contribution < 1.29 is 9.53 Å². The van der Waals surface area contributed by atoms with Crippen LogP contribution in [-0.4, -0.2) is 60.1 Å². The highest BCUT2D eigenvalue weighted by atomic mass is 16.5. The molecule has 3 N–H and O–H groups in total. The topological polar surface area (TPSA) is 96.6 Å². The summed E-state index contributed by atoms with van der Waals surface area (Å²) in [6, 6.07) is 0.267. The Kier molecular flexibility index (Phi) is 10.2. The maximum absolute atomic E-state index is 12.3. The van der Waals surface area contributed by atoms with E-state index in [2.05, 4.69) is 64.1 Å². The number of unbranched alkanes of at least 4 members (excludes halogenated alkanes) is 1. The number of anilines is 3. The SMILES string of the molecule is CC/C=C(\C=C/C(C)CN1CCC(=O)Nc2c(N)nc(OCCCC)nc21)CN1CCCCC1. The van der Waals surface area contributed by atoms with Crippen molar-refractivity contribution in [3.63, 3.8) is 0 Å². The molecule has 1 fully saturated rings. The summed E-state index contributed by atoms with van der Waals surface area (Å²) in [5, 5.41) is 2.88. The zero-order chi connectivity index (χ0) is 24.3. The fourth-order valence-corrected chi connectivity index (χ4v) is 4.41. The Labute approximate surface area is 204 Å². The number of piperidine rings is 1. The van der Waals surface area contributed by atoms with Gasteiger partial charge in [0.1, 0.15) is 5.69 Å². The fourth-order valence-electron chi connectivity index (χ4n) is 4.41. The third kappa shape index (κ3) is 7.72. The Morgan fingerprint density at radius 2 is 2.00 bits per heavy atom. The van der Waals surface area contributed by atoms with Crippen LogP contribution >= 0.6 is 0 Å². The first kappa shape index (κ1) is 26.0. The van der Waals surface area contributed by atoms with Crippen LogP contribution < -0.4 is 20.7 Å². The summed E-state index contributed by atoms with van der Waals surface area (Å²) in [6.45, 7) is 11.8. The number of nitrogen functional groups attached to an aromatic ring is 1. The monoisotopic (exact) mass is 470 g/mol. The van der Waals surface area contributed by atoms with E-state index in [0.29, 0.717) is 31.1 Å². The number of rotatable bonds is 11. The van der Waals surface area contributed by atoms with Crippen LogP contribution in [0.25, 0.3) is 0 Å². The maximum atomic E-state index is 12.3. The standard InChI is InChI=1S/C26H42N6O2/c1-4-6-17-34-26-29-24(27)23-25(30-26)32(16-13-22(33)28-23)18-20(3)11-12-21(10-5-2)19-31-14-8-7-9-15-31/h10-12,20H,4-9,13-19H2,1-3H3,(H,28,33)(H2,27,29,30)/b12-11-,21-10+. The van der Waals surface area contributed by atoms with E-state index in [9.17, 15) is 4.79 Å². The molecule has 1 saturated heterocycles. The summed E-state index contributed by atoms with van der Waals surface area (Å²) in [6.07, 6.45) is 14.2. The van der Waals surface area contributed by atoms with Crippen LogP contribution in [0.1, 0.15) is 65.7 Å². The van der Waals surface area contributed by atoms with Gasteiger partial charge in [-0.15, -0.1) is 0 Å². The van der Waals surface area contributed by atoms with Crippen molar-refractivity contribution >= 4 is 23.2 Å². The number of fused-ring (bicyclic) bond motifs is 1. The van der Waals surface area contributed by atoms with E-state index in [1.807, 2.05) is 0 Å². The lowest BCUT2D eigenvalue weighted by molar-refractivity contribution is -0.115. The quantitative estimate of drug-likeness (QED) is 0.365. The third-order valence-electron chi connectivity index (χ3n) is 6.27. The summed E-state index contributed by atoms with van der Waals surface area (Å²) in [5.41, 5.74) is 8.05. The first-order chi connectivity index (χ1) is 16.5. The van der Waals surface area contributed by atoms with Gasteiger partial charge < -0.3 is 20.7 Å². The lowest BCUT2D eigenvalue weighted by Gasteiger charge is -2.27. The molecule has 3 rings (SSSR count). The first-order valence-electron chi connectivity index (χ1n) is 12.9. The molecule has 1 aromatic heterocycles. The van der Waals surface area contributed by atoms with Crippen molar-refractivity contribution in [3.8, 4) is 6.01 Å². The lowest BCUT2D eigenvalue weighted by atomic mass is 10.1. The van der Waals surface area contributed by atoms with Crippen molar-refractivity contribution in [2.45, 2.75) is 65.7 Å². The van der Waals surface area contributed by atoms with Crippen LogP contribution in [0.2, 0.25) is 0 Å². The maximum Gasteiger partial charge on any atom is 0.320 e. The molecule has 2 aliphatic heterocycles. The number of amides is 1. The molecule has 1 amide bonds. The molecule has 0 bridgehead atoms. The number of hydrogen-bond acceptors (Lipinski definition) is 7. The molecule has 3 heterocycles. The number of nitrogens with two attached hydrogens (primary N) is 1. The number of nitrogens with zero attached hydrogens (tertiary/aromatic N) is 4. The molecule has 1 aromatic rings. The van der Waals surface area contributed by atoms with E-state index in [4.69, 9.17) is 10.5 Å². The second kappa shape index (κ2) is 13.3. The third-order valence-corrected chi connectivity index (χ3v) is 6.27. The molecule has 0 spiro atoms. The highest BCUT2D eigenvalue weighted by Crippen LogP contribution is 2.33. The zero-order valence-corrected chi connectivity index (χ0v) is 21.2. The van der Waals surface area contributed by atoms with Gasteiger partial charge in [-0.2, -0.15) is 9.97 Å². The van der Waals surface area contributed by atoms with Crippen LogP contribution in [0.4, 0.5) is 17.3 Å². The van der Waals surface area contributed by atoms with Gasteiger partial charge in [-0.05, 0) is 50.3 Å². The number of ether oxygens (including phenoxy) is 1. The first-order valence-corrected chi connectivity index (χ1v) is 12.9. The van der Waals surface area contributed by atoms with Gasteiger partial charge in [-0.1, -0.05) is 51.8 Å². The highest BCUT2D eigenvalue weighted by molar-refractivity contribution is 5.98. The van der Waals surface area contributed by atoms with E-state index in [1.165, 1.54) is 37.9 Å². The minimum Gasteiger partial charge on any atom is -0.463 e. The zero-order valence-electron chi connectivity index (χ0n) is 21.2. The van der Waals surface area contributed by atoms with Crippen molar-refractivity contribution in [3.05, 3.63) is 23.8 Å². The summed E-state index contributed by atoms with van der Waals surface area (Å²) >= 11 is 0. The molecule has 0 saturated carbocycles. The summed E-state index contributed by atoms with van der Waals surface area (Å²) in [4.78, 5) is 25.9. The van der Waals surface area contributed by atoms with E-state index < -0.39 is 0 Å². The van der Waals surface area contributed by atoms with Gasteiger partial charge in [0, 0.05) is 26.1 Å². The van der Waals surface area contributed by atoms with E-state index in [1.54, 1.807) is 0 Å². The molecule has 1 atom stereocenters. The Morgan fingerprint density at radius 3 is 2.74 bits per heavy atom.